The Labute approximate surface area is 117 Å². The molecular weight excluding hydrogens is 288 g/mol. The van der Waals surface area contributed by atoms with E-state index in [1.165, 1.54) is 11.3 Å². The zero-order chi connectivity index (χ0) is 14.7. The van der Waals surface area contributed by atoms with Gasteiger partial charge in [-0.15, -0.1) is 10.2 Å². The summed E-state index contributed by atoms with van der Waals surface area (Å²) in [6.07, 6.45) is 0.688. The third kappa shape index (κ3) is 2.89. The number of carbonyl (C=O) groups excluding carboxylic acids is 1. The van der Waals surface area contributed by atoms with Crippen LogP contribution in [0.1, 0.15) is 22.3 Å². The van der Waals surface area contributed by atoms with Crippen LogP contribution in [0.2, 0.25) is 0 Å². The zero-order valence-corrected chi connectivity index (χ0v) is 11.2. The van der Waals surface area contributed by atoms with E-state index < -0.39 is 23.2 Å². The number of nitrogen functional groups attached to an aromatic ring is 1. The number of benzene rings is 1. The van der Waals surface area contributed by atoms with Gasteiger partial charge in [-0.2, -0.15) is 0 Å². The standard InChI is InChI=1S/C11H11F2N5OS/c1-2-8-17-18-11(20-8)15-10(19)5-3-6(12)9(16-14)7(13)4-5/h3-4,16H,2,14H2,1H3,(H,15,18,19). The second kappa shape index (κ2) is 5.88. The van der Waals surface area contributed by atoms with Crippen molar-refractivity contribution in [3.63, 3.8) is 0 Å². The fourth-order valence-corrected chi connectivity index (χ4v) is 2.13. The van der Waals surface area contributed by atoms with Crippen LogP contribution in [-0.4, -0.2) is 16.1 Å². The number of carbonyl (C=O) groups is 1. The minimum atomic E-state index is -0.954. The summed E-state index contributed by atoms with van der Waals surface area (Å²) >= 11 is 1.20. The molecule has 2 rings (SSSR count). The van der Waals surface area contributed by atoms with Gasteiger partial charge in [0.15, 0.2) is 11.6 Å². The van der Waals surface area contributed by atoms with Gasteiger partial charge in [-0.25, -0.2) is 8.78 Å². The third-order valence-corrected chi connectivity index (χ3v) is 3.42. The molecule has 0 saturated carbocycles. The molecule has 106 valence electrons. The minimum Gasteiger partial charge on any atom is -0.319 e. The number of aryl methyl sites for hydroxylation is 1. The maximum Gasteiger partial charge on any atom is 0.257 e. The SMILES string of the molecule is CCc1nnc(NC(=O)c2cc(F)c(NN)c(F)c2)s1. The van der Waals surface area contributed by atoms with Gasteiger partial charge in [0.2, 0.25) is 5.13 Å². The molecule has 20 heavy (non-hydrogen) atoms. The topological polar surface area (TPSA) is 92.9 Å². The Hall–Kier alpha value is -2.13. The third-order valence-electron chi connectivity index (χ3n) is 2.44. The number of nitrogens with two attached hydrogens (primary N) is 1. The second-order valence-corrected chi connectivity index (χ2v) is 4.83. The maximum absolute atomic E-state index is 13.5. The molecule has 1 aromatic carbocycles. The predicted octanol–water partition coefficient (Wildman–Crippen LogP) is 1.92. The lowest BCUT2D eigenvalue weighted by Gasteiger charge is -2.06. The van der Waals surface area contributed by atoms with Gasteiger partial charge in [-0.3, -0.25) is 16.0 Å². The van der Waals surface area contributed by atoms with E-state index in [4.69, 9.17) is 5.84 Å². The first-order valence-electron chi connectivity index (χ1n) is 5.64. The van der Waals surface area contributed by atoms with Gasteiger partial charge in [0.05, 0.1) is 0 Å². The Bertz CT molecular complexity index is 622. The van der Waals surface area contributed by atoms with Crippen molar-refractivity contribution in [3.8, 4) is 0 Å². The van der Waals surface area contributed by atoms with Crippen LogP contribution in [0, 0.1) is 11.6 Å². The van der Waals surface area contributed by atoms with Crippen LogP contribution in [0.25, 0.3) is 0 Å². The van der Waals surface area contributed by atoms with Gasteiger partial charge in [-0.1, -0.05) is 18.3 Å². The highest BCUT2D eigenvalue weighted by molar-refractivity contribution is 7.15. The molecule has 1 aromatic heterocycles. The van der Waals surface area contributed by atoms with Crippen LogP contribution in [0.4, 0.5) is 19.6 Å². The highest BCUT2D eigenvalue weighted by Crippen LogP contribution is 2.21. The van der Waals surface area contributed by atoms with Crippen molar-refractivity contribution in [3.05, 3.63) is 34.3 Å². The smallest absolute Gasteiger partial charge is 0.257 e. The molecule has 4 N–H and O–H groups in total. The molecule has 0 unspecified atom stereocenters. The van der Waals surface area contributed by atoms with Gasteiger partial charge in [0, 0.05) is 5.56 Å². The highest BCUT2D eigenvalue weighted by atomic mass is 32.1. The first-order chi connectivity index (χ1) is 9.55. The largest absolute Gasteiger partial charge is 0.319 e. The number of hydrazine groups is 1. The van der Waals surface area contributed by atoms with E-state index >= 15 is 0 Å². The van der Waals surface area contributed by atoms with Crippen molar-refractivity contribution in [1.82, 2.24) is 10.2 Å². The number of aromatic nitrogens is 2. The predicted molar refractivity (Wildman–Crippen MR) is 71.4 cm³/mol. The van der Waals surface area contributed by atoms with Crippen molar-refractivity contribution >= 4 is 28.1 Å². The van der Waals surface area contributed by atoms with Crippen LogP contribution in [0.3, 0.4) is 0 Å². The second-order valence-electron chi connectivity index (χ2n) is 3.77. The van der Waals surface area contributed by atoms with Crippen molar-refractivity contribution in [1.29, 1.82) is 0 Å². The van der Waals surface area contributed by atoms with E-state index in [0.717, 1.165) is 17.1 Å². The molecular formula is C11H11F2N5OS. The van der Waals surface area contributed by atoms with Crippen molar-refractivity contribution in [2.24, 2.45) is 5.84 Å². The van der Waals surface area contributed by atoms with E-state index in [9.17, 15) is 13.6 Å². The fraction of sp³-hybridized carbons (Fsp3) is 0.182. The maximum atomic E-state index is 13.5. The molecule has 0 atom stereocenters. The Morgan fingerprint density at radius 3 is 2.50 bits per heavy atom. The van der Waals surface area contributed by atoms with Crippen LogP contribution < -0.4 is 16.6 Å². The summed E-state index contributed by atoms with van der Waals surface area (Å²) in [7, 11) is 0. The highest BCUT2D eigenvalue weighted by Gasteiger charge is 2.16. The summed E-state index contributed by atoms with van der Waals surface area (Å²) in [6, 6.07) is 1.77. The molecule has 6 nitrogen and oxygen atoms in total. The molecule has 0 aliphatic heterocycles. The number of hydrogen-bond acceptors (Lipinski definition) is 6. The van der Waals surface area contributed by atoms with Crippen LogP contribution in [-0.2, 0) is 6.42 Å². The minimum absolute atomic E-state index is 0.174. The first kappa shape index (κ1) is 14.3. The number of halogens is 2. The number of hydrogen-bond donors (Lipinski definition) is 3. The Kier molecular flexibility index (Phi) is 4.20. The van der Waals surface area contributed by atoms with Crippen LogP contribution in [0.5, 0.6) is 0 Å². The molecule has 0 radical (unpaired) electrons. The molecule has 0 spiro atoms. The lowest BCUT2D eigenvalue weighted by Crippen LogP contribution is -2.15. The Morgan fingerprint density at radius 2 is 2.00 bits per heavy atom. The molecule has 0 fully saturated rings. The van der Waals surface area contributed by atoms with Gasteiger partial charge >= 0.3 is 0 Å². The van der Waals surface area contributed by atoms with Gasteiger partial charge < -0.3 is 5.43 Å². The summed E-state index contributed by atoms with van der Waals surface area (Å²) in [6.45, 7) is 1.90. The molecule has 0 saturated heterocycles. The molecule has 1 heterocycles. The number of amides is 1. The zero-order valence-electron chi connectivity index (χ0n) is 10.4. The average Bonchev–Trinajstić information content (AvgIpc) is 2.86. The number of nitrogens with zero attached hydrogens (tertiary/aromatic N) is 2. The van der Waals surface area contributed by atoms with E-state index in [1.54, 1.807) is 0 Å². The molecule has 2 aromatic rings. The van der Waals surface area contributed by atoms with Crippen LogP contribution >= 0.6 is 11.3 Å². The summed E-state index contributed by atoms with van der Waals surface area (Å²) in [4.78, 5) is 11.9. The molecule has 9 heteroatoms. The lowest BCUT2D eigenvalue weighted by molar-refractivity contribution is 0.102. The van der Waals surface area contributed by atoms with Crippen molar-refractivity contribution in [2.45, 2.75) is 13.3 Å². The number of nitrogens with one attached hydrogen (secondary N) is 2. The Morgan fingerprint density at radius 1 is 1.35 bits per heavy atom. The van der Waals surface area contributed by atoms with E-state index in [2.05, 4.69) is 15.5 Å². The quantitative estimate of drug-likeness (QED) is 0.592. The van der Waals surface area contributed by atoms with Gasteiger partial charge in [-0.05, 0) is 18.6 Å². The molecule has 1 amide bonds. The molecule has 0 bridgehead atoms. The van der Waals surface area contributed by atoms with E-state index in [-0.39, 0.29) is 10.7 Å². The van der Waals surface area contributed by atoms with Crippen molar-refractivity contribution in [2.75, 3.05) is 10.7 Å². The summed E-state index contributed by atoms with van der Waals surface area (Å²) in [5.74, 6) is 2.39. The first-order valence-corrected chi connectivity index (χ1v) is 6.46. The number of rotatable bonds is 4. The van der Waals surface area contributed by atoms with Gasteiger partial charge in [0.1, 0.15) is 10.7 Å². The molecule has 0 aliphatic carbocycles. The van der Waals surface area contributed by atoms with E-state index in [1.807, 2.05) is 12.3 Å². The monoisotopic (exact) mass is 299 g/mol. The fourth-order valence-electron chi connectivity index (χ4n) is 1.46. The van der Waals surface area contributed by atoms with Crippen molar-refractivity contribution < 1.29 is 13.6 Å². The number of anilines is 2. The summed E-state index contributed by atoms with van der Waals surface area (Å²) in [5, 5.41) is 11.0. The van der Waals surface area contributed by atoms with Crippen LogP contribution in [0.15, 0.2) is 12.1 Å². The van der Waals surface area contributed by atoms with Gasteiger partial charge in [0.25, 0.3) is 5.91 Å². The lowest BCUT2D eigenvalue weighted by atomic mass is 10.1. The van der Waals surface area contributed by atoms with E-state index in [0.29, 0.717) is 6.42 Å². The Balaban J connectivity index is 2.21. The normalized spacial score (nSPS) is 10.4. The average molecular weight is 299 g/mol. The molecule has 0 aliphatic rings. The summed E-state index contributed by atoms with van der Waals surface area (Å²) < 4.78 is 27.0. The summed E-state index contributed by atoms with van der Waals surface area (Å²) in [5.41, 5.74) is 1.22.